The summed E-state index contributed by atoms with van der Waals surface area (Å²) in [6.45, 7) is 4.89. The molecule has 0 spiro atoms. The molecule has 0 fully saturated rings. The van der Waals surface area contributed by atoms with E-state index in [1.54, 1.807) is 0 Å². The van der Waals surface area contributed by atoms with Gasteiger partial charge in [-0.25, -0.2) is 0 Å². The summed E-state index contributed by atoms with van der Waals surface area (Å²) in [6, 6.07) is 7.59. The van der Waals surface area contributed by atoms with Gasteiger partial charge in [-0.1, -0.05) is 49.7 Å². The van der Waals surface area contributed by atoms with Crippen molar-refractivity contribution < 1.29 is 4.79 Å². The van der Waals surface area contributed by atoms with Crippen molar-refractivity contribution in [2.75, 3.05) is 0 Å². The second kappa shape index (κ2) is 6.27. The van der Waals surface area contributed by atoms with Gasteiger partial charge in [0.2, 0.25) is 0 Å². The van der Waals surface area contributed by atoms with Gasteiger partial charge in [-0.2, -0.15) is 0 Å². The highest BCUT2D eigenvalue weighted by Gasteiger charge is 2.13. The molecule has 0 N–H and O–H groups in total. The van der Waals surface area contributed by atoms with Crippen LogP contribution in [0.1, 0.15) is 43.5 Å². The van der Waals surface area contributed by atoms with Gasteiger partial charge in [0, 0.05) is 24.1 Å². The zero-order valence-corrected chi connectivity index (χ0v) is 11.5. The summed E-state index contributed by atoms with van der Waals surface area (Å²) in [4.78, 5) is 11.9. The number of Topliss-reactive ketones (excluding diaryl/α,β-unsaturated/α-hetero) is 1. The fraction of sp³-hybridized carbons (Fsp3) is 0.400. The molecule has 0 radical (unpaired) electrons. The molecule has 0 atom stereocenters. The number of unbranched alkanes of at least 4 members (excludes halogenated alkanes) is 1. The van der Waals surface area contributed by atoms with E-state index in [9.17, 15) is 4.79 Å². The minimum Gasteiger partial charge on any atom is -0.294 e. The van der Waals surface area contributed by atoms with Crippen LogP contribution in [0.15, 0.2) is 30.5 Å². The molecule has 1 heterocycles. The van der Waals surface area contributed by atoms with Crippen molar-refractivity contribution in [1.82, 2.24) is 15.0 Å². The van der Waals surface area contributed by atoms with Crippen LogP contribution in [0.3, 0.4) is 0 Å². The highest BCUT2D eigenvalue weighted by Crippen LogP contribution is 2.22. The Balaban J connectivity index is 2.31. The molecule has 2 rings (SSSR count). The van der Waals surface area contributed by atoms with E-state index in [2.05, 4.69) is 17.2 Å². The molecule has 0 amide bonds. The molecule has 0 saturated heterocycles. The van der Waals surface area contributed by atoms with E-state index in [1.807, 2.05) is 42.1 Å². The Kier molecular flexibility index (Phi) is 4.44. The molecule has 0 bridgehead atoms. The number of carbonyl (C=O) groups excluding carboxylic acids is 1. The molecule has 0 aliphatic carbocycles. The number of aryl methyl sites for hydroxylation is 1. The number of aromatic nitrogens is 3. The topological polar surface area (TPSA) is 47.8 Å². The SMILES string of the molecule is CCCCn1cc(-c2ccccc2C(=O)CC)nn1. The lowest BCUT2D eigenvalue weighted by atomic mass is 10.0. The van der Waals surface area contributed by atoms with E-state index >= 15 is 0 Å². The van der Waals surface area contributed by atoms with Crippen LogP contribution in [0.2, 0.25) is 0 Å². The van der Waals surface area contributed by atoms with E-state index in [0.29, 0.717) is 6.42 Å². The lowest BCUT2D eigenvalue weighted by Crippen LogP contribution is -1.99. The number of hydrogen-bond acceptors (Lipinski definition) is 3. The predicted molar refractivity (Wildman–Crippen MR) is 75.0 cm³/mol. The number of rotatable bonds is 6. The lowest BCUT2D eigenvalue weighted by molar-refractivity contribution is 0.0989. The molecule has 100 valence electrons. The molecule has 4 heteroatoms. The third kappa shape index (κ3) is 3.08. The highest BCUT2D eigenvalue weighted by atomic mass is 16.1. The van der Waals surface area contributed by atoms with Crippen LogP contribution >= 0.6 is 0 Å². The molecule has 1 aromatic carbocycles. The zero-order chi connectivity index (χ0) is 13.7. The summed E-state index contributed by atoms with van der Waals surface area (Å²) in [5.41, 5.74) is 2.37. The Morgan fingerprint density at radius 3 is 2.79 bits per heavy atom. The third-order valence-corrected chi connectivity index (χ3v) is 3.10. The van der Waals surface area contributed by atoms with Crippen LogP contribution in [0.25, 0.3) is 11.3 Å². The van der Waals surface area contributed by atoms with Gasteiger partial charge in [0.15, 0.2) is 5.78 Å². The summed E-state index contributed by atoms with van der Waals surface area (Å²) in [5.74, 6) is 0.138. The Morgan fingerprint density at radius 1 is 1.26 bits per heavy atom. The second-order valence-electron chi connectivity index (χ2n) is 4.54. The van der Waals surface area contributed by atoms with Gasteiger partial charge in [-0.3, -0.25) is 9.48 Å². The molecule has 4 nitrogen and oxygen atoms in total. The van der Waals surface area contributed by atoms with Crippen molar-refractivity contribution in [3.8, 4) is 11.3 Å². The Bertz CT molecular complexity index is 560. The Morgan fingerprint density at radius 2 is 2.05 bits per heavy atom. The molecule has 1 aromatic heterocycles. The number of hydrogen-bond donors (Lipinski definition) is 0. The van der Waals surface area contributed by atoms with Crippen LogP contribution < -0.4 is 0 Å². The fourth-order valence-corrected chi connectivity index (χ4v) is 1.99. The molecular formula is C15H19N3O. The van der Waals surface area contributed by atoms with E-state index in [0.717, 1.165) is 36.2 Å². The standard InChI is InChI=1S/C15H19N3O/c1-3-5-10-18-11-14(16-17-18)12-8-6-7-9-13(12)15(19)4-2/h6-9,11H,3-5,10H2,1-2H3. The second-order valence-corrected chi connectivity index (χ2v) is 4.54. The Labute approximate surface area is 113 Å². The van der Waals surface area contributed by atoms with Crippen molar-refractivity contribution >= 4 is 5.78 Å². The van der Waals surface area contributed by atoms with Gasteiger partial charge in [-0.05, 0) is 6.42 Å². The maximum absolute atomic E-state index is 11.9. The van der Waals surface area contributed by atoms with Crippen LogP contribution in [0.4, 0.5) is 0 Å². The largest absolute Gasteiger partial charge is 0.294 e. The molecule has 0 aliphatic heterocycles. The lowest BCUT2D eigenvalue weighted by Gasteiger charge is -2.04. The van der Waals surface area contributed by atoms with E-state index < -0.39 is 0 Å². The van der Waals surface area contributed by atoms with Crippen LogP contribution in [-0.4, -0.2) is 20.8 Å². The maximum Gasteiger partial charge on any atom is 0.163 e. The Hall–Kier alpha value is -1.97. The maximum atomic E-state index is 11.9. The third-order valence-electron chi connectivity index (χ3n) is 3.10. The predicted octanol–water partition coefficient (Wildman–Crippen LogP) is 3.34. The van der Waals surface area contributed by atoms with Gasteiger partial charge in [0.1, 0.15) is 5.69 Å². The van der Waals surface area contributed by atoms with Crippen LogP contribution in [0, 0.1) is 0 Å². The van der Waals surface area contributed by atoms with Crippen LogP contribution in [0.5, 0.6) is 0 Å². The normalized spacial score (nSPS) is 10.6. The fourth-order valence-electron chi connectivity index (χ4n) is 1.99. The van der Waals surface area contributed by atoms with Gasteiger partial charge < -0.3 is 0 Å². The first-order chi connectivity index (χ1) is 9.26. The summed E-state index contributed by atoms with van der Waals surface area (Å²) in [7, 11) is 0. The van der Waals surface area contributed by atoms with Crippen molar-refractivity contribution in [3.63, 3.8) is 0 Å². The van der Waals surface area contributed by atoms with E-state index in [4.69, 9.17) is 0 Å². The number of ketones is 1. The minimum atomic E-state index is 0.138. The van der Waals surface area contributed by atoms with Crippen molar-refractivity contribution in [2.24, 2.45) is 0 Å². The summed E-state index contributed by atoms with van der Waals surface area (Å²) < 4.78 is 1.84. The zero-order valence-electron chi connectivity index (χ0n) is 11.5. The van der Waals surface area contributed by atoms with Crippen molar-refractivity contribution in [2.45, 2.75) is 39.7 Å². The van der Waals surface area contributed by atoms with Crippen molar-refractivity contribution in [1.29, 1.82) is 0 Å². The van der Waals surface area contributed by atoms with Gasteiger partial charge in [0.25, 0.3) is 0 Å². The smallest absolute Gasteiger partial charge is 0.163 e. The summed E-state index contributed by atoms with van der Waals surface area (Å²) >= 11 is 0. The number of carbonyl (C=O) groups is 1. The molecule has 2 aromatic rings. The molecule has 19 heavy (non-hydrogen) atoms. The monoisotopic (exact) mass is 257 g/mol. The van der Waals surface area contributed by atoms with E-state index in [1.165, 1.54) is 0 Å². The van der Waals surface area contributed by atoms with Crippen molar-refractivity contribution in [3.05, 3.63) is 36.0 Å². The van der Waals surface area contributed by atoms with E-state index in [-0.39, 0.29) is 5.78 Å². The highest BCUT2D eigenvalue weighted by molar-refractivity contribution is 6.01. The average molecular weight is 257 g/mol. The number of benzene rings is 1. The van der Waals surface area contributed by atoms with Gasteiger partial charge in [-0.15, -0.1) is 5.10 Å². The first kappa shape index (κ1) is 13.5. The average Bonchev–Trinajstić information content (AvgIpc) is 2.93. The molecule has 0 unspecified atom stereocenters. The first-order valence-electron chi connectivity index (χ1n) is 6.79. The summed E-state index contributed by atoms with van der Waals surface area (Å²) in [6.07, 6.45) is 4.62. The molecule has 0 saturated carbocycles. The number of nitrogens with zero attached hydrogens (tertiary/aromatic N) is 3. The summed E-state index contributed by atoms with van der Waals surface area (Å²) in [5, 5.41) is 8.29. The molecular weight excluding hydrogens is 238 g/mol. The first-order valence-corrected chi connectivity index (χ1v) is 6.79. The minimum absolute atomic E-state index is 0.138. The quantitative estimate of drug-likeness (QED) is 0.746. The molecule has 0 aliphatic rings. The van der Waals surface area contributed by atoms with Gasteiger partial charge in [0.05, 0.1) is 6.20 Å². The van der Waals surface area contributed by atoms with Gasteiger partial charge >= 0.3 is 0 Å². The van der Waals surface area contributed by atoms with Crippen LogP contribution in [-0.2, 0) is 6.54 Å².